The third-order valence-corrected chi connectivity index (χ3v) is 10.2. The summed E-state index contributed by atoms with van der Waals surface area (Å²) in [6.45, 7) is 4.49. The van der Waals surface area contributed by atoms with Gasteiger partial charge in [0.15, 0.2) is 0 Å². The van der Waals surface area contributed by atoms with Crippen LogP contribution in [0.1, 0.15) is 66.7 Å². The lowest BCUT2D eigenvalue weighted by molar-refractivity contribution is -0.123. The second-order valence-electron chi connectivity index (χ2n) is 11.5. The Labute approximate surface area is 257 Å². The molecule has 1 aliphatic heterocycles. The van der Waals surface area contributed by atoms with E-state index in [1.54, 1.807) is 42.5 Å². The summed E-state index contributed by atoms with van der Waals surface area (Å²) < 4.78 is 7.83. The highest BCUT2D eigenvalue weighted by atomic mass is 79.9. The molecule has 5 rings (SSSR count). The van der Waals surface area contributed by atoms with Crippen LogP contribution in [-0.4, -0.2) is 35.3 Å². The van der Waals surface area contributed by atoms with Gasteiger partial charge >= 0.3 is 5.97 Å². The van der Waals surface area contributed by atoms with E-state index in [1.807, 2.05) is 12.1 Å². The molecule has 212 valence electrons. The van der Waals surface area contributed by atoms with Gasteiger partial charge in [0.1, 0.15) is 6.10 Å². The van der Waals surface area contributed by atoms with Crippen molar-refractivity contribution in [1.29, 1.82) is 5.26 Å². The van der Waals surface area contributed by atoms with E-state index < -0.39 is 17.5 Å². The molecule has 8 heteroatoms. The molecule has 0 saturated heterocycles. The molecule has 6 nitrogen and oxygen atoms in total. The molecule has 1 heterocycles. The minimum Gasteiger partial charge on any atom is -0.454 e. The fourth-order valence-electron chi connectivity index (χ4n) is 7.16. The van der Waals surface area contributed by atoms with Gasteiger partial charge in [-0.05, 0) is 92.3 Å². The zero-order valence-corrected chi connectivity index (χ0v) is 26.3. The number of hydrogen-bond acceptors (Lipinski definition) is 5. The van der Waals surface area contributed by atoms with Crippen molar-refractivity contribution in [3.63, 3.8) is 0 Å². The van der Waals surface area contributed by atoms with Crippen molar-refractivity contribution >= 4 is 49.6 Å². The number of imide groups is 1. The number of nitrogens with zero attached hydrogens (tertiary/aromatic N) is 2. The van der Waals surface area contributed by atoms with Gasteiger partial charge in [-0.1, -0.05) is 62.1 Å². The zero-order valence-electron chi connectivity index (χ0n) is 23.1. The summed E-state index contributed by atoms with van der Waals surface area (Å²) in [5.41, 5.74) is 2.58. The summed E-state index contributed by atoms with van der Waals surface area (Å²) >= 11 is 6.86. The predicted octanol–water partition coefficient (Wildman–Crippen LogP) is 7.65. The quantitative estimate of drug-likeness (QED) is 0.184. The van der Waals surface area contributed by atoms with Crippen molar-refractivity contribution in [2.24, 2.45) is 23.2 Å². The van der Waals surface area contributed by atoms with Gasteiger partial charge in [0.2, 0.25) is 0 Å². The number of esters is 1. The number of allylic oxidation sites excluding steroid dienone is 2. The standard InChI is InChI=1S/C33H32Br2N2O4/c1-20-16-28(41-32(40)22-7-4-9-25(35)18-22)30-27(26(20)10-5-14-36)12-11-23-19-29(38)37(15-13-33(23,30)2)31(39)21-6-3-8-24(34)17-21/h3-4,6-9,16-19,26-28,30H,5,10-13,15H2,1-2H3/t26-,27+,28-,30-,33+/m1/s1. The number of nitriles is 1. The minimum atomic E-state index is -0.499. The SMILES string of the molecule is CC1=C[C@@H](OC(=O)c2cccc(Br)c2)[C@H]2[C@@H](CCC3=CC(=O)N(C(=O)c4cccc(Br)c4)CC[C@@]32C)[C@@H]1CCC#N. The Kier molecular flexibility index (Phi) is 8.68. The Morgan fingerprint density at radius 1 is 1.12 bits per heavy atom. The van der Waals surface area contributed by atoms with Crippen molar-refractivity contribution in [2.45, 2.75) is 52.1 Å². The molecule has 2 aliphatic carbocycles. The highest BCUT2D eigenvalue weighted by Gasteiger charge is 2.54. The monoisotopic (exact) mass is 678 g/mol. The van der Waals surface area contributed by atoms with Crippen LogP contribution in [0.3, 0.4) is 0 Å². The number of rotatable bonds is 5. The van der Waals surface area contributed by atoms with Gasteiger partial charge in [-0.25, -0.2) is 4.79 Å². The highest BCUT2D eigenvalue weighted by molar-refractivity contribution is 9.10. The van der Waals surface area contributed by atoms with Gasteiger partial charge in [-0.3, -0.25) is 14.5 Å². The molecule has 41 heavy (non-hydrogen) atoms. The second-order valence-corrected chi connectivity index (χ2v) is 13.3. The Balaban J connectivity index is 1.50. The molecule has 2 aromatic carbocycles. The fourth-order valence-corrected chi connectivity index (χ4v) is 7.95. The molecule has 5 atom stereocenters. The van der Waals surface area contributed by atoms with Gasteiger partial charge in [-0.2, -0.15) is 5.26 Å². The second kappa shape index (κ2) is 12.1. The number of hydrogen-bond donors (Lipinski definition) is 0. The van der Waals surface area contributed by atoms with E-state index in [0.29, 0.717) is 24.0 Å². The molecule has 0 radical (unpaired) electrons. The molecule has 1 fully saturated rings. The molecule has 0 unspecified atom stereocenters. The topological polar surface area (TPSA) is 87.5 Å². The zero-order chi connectivity index (χ0) is 29.3. The fraction of sp³-hybridized carbons (Fsp3) is 0.394. The molecule has 0 aromatic heterocycles. The number of benzene rings is 2. The van der Waals surface area contributed by atoms with E-state index in [0.717, 1.165) is 39.4 Å². The maximum absolute atomic E-state index is 13.5. The lowest BCUT2D eigenvalue weighted by Gasteiger charge is -2.54. The van der Waals surface area contributed by atoms with E-state index in [1.165, 1.54) is 4.90 Å². The number of halogens is 2. The molecular formula is C33H32Br2N2O4. The first kappa shape index (κ1) is 29.5. The van der Waals surface area contributed by atoms with Crippen LogP contribution in [0.4, 0.5) is 0 Å². The lowest BCUT2D eigenvalue weighted by atomic mass is 9.51. The first-order valence-electron chi connectivity index (χ1n) is 14.0. The summed E-state index contributed by atoms with van der Waals surface area (Å²) in [6, 6.07) is 16.5. The number of carbonyl (C=O) groups excluding carboxylic acids is 3. The van der Waals surface area contributed by atoms with Crippen molar-refractivity contribution in [3.8, 4) is 6.07 Å². The van der Waals surface area contributed by atoms with Crippen LogP contribution in [0, 0.1) is 34.5 Å². The Bertz CT molecular complexity index is 1490. The molecule has 0 bridgehead atoms. The Morgan fingerprint density at radius 2 is 1.80 bits per heavy atom. The summed E-state index contributed by atoms with van der Waals surface area (Å²) in [6.07, 6.45) is 6.53. The number of amides is 2. The Morgan fingerprint density at radius 3 is 2.49 bits per heavy atom. The molecule has 0 N–H and O–H groups in total. The first-order chi connectivity index (χ1) is 19.6. The van der Waals surface area contributed by atoms with E-state index in [4.69, 9.17) is 4.74 Å². The molecule has 3 aliphatic rings. The Hall–Kier alpha value is -3.02. The van der Waals surface area contributed by atoms with Gasteiger partial charge in [0, 0.05) is 39.5 Å². The van der Waals surface area contributed by atoms with E-state index in [-0.39, 0.29) is 36.1 Å². The lowest BCUT2D eigenvalue weighted by Crippen LogP contribution is -2.51. The van der Waals surface area contributed by atoms with Gasteiger partial charge in [0.25, 0.3) is 11.8 Å². The van der Waals surface area contributed by atoms with E-state index in [9.17, 15) is 19.6 Å². The third-order valence-electron chi connectivity index (χ3n) is 9.17. The summed E-state index contributed by atoms with van der Waals surface area (Å²) in [5.74, 6) is -0.755. The van der Waals surface area contributed by atoms with E-state index in [2.05, 4.69) is 57.9 Å². The molecule has 1 saturated carbocycles. The largest absolute Gasteiger partial charge is 0.454 e. The van der Waals surface area contributed by atoms with Gasteiger partial charge in [0.05, 0.1) is 11.6 Å². The van der Waals surface area contributed by atoms with Crippen LogP contribution in [0.2, 0.25) is 0 Å². The maximum Gasteiger partial charge on any atom is 0.338 e. The summed E-state index contributed by atoms with van der Waals surface area (Å²) in [5, 5.41) is 9.37. The van der Waals surface area contributed by atoms with Crippen LogP contribution in [0.15, 0.2) is 80.8 Å². The van der Waals surface area contributed by atoms with Crippen molar-refractivity contribution in [2.75, 3.05) is 6.54 Å². The number of ether oxygens (including phenoxy) is 1. The molecule has 0 spiro atoms. The van der Waals surface area contributed by atoms with Gasteiger partial charge < -0.3 is 4.74 Å². The summed E-state index contributed by atoms with van der Waals surface area (Å²) in [7, 11) is 0. The average molecular weight is 680 g/mol. The first-order valence-corrected chi connectivity index (χ1v) is 15.5. The predicted molar refractivity (Wildman–Crippen MR) is 163 cm³/mol. The summed E-state index contributed by atoms with van der Waals surface area (Å²) in [4.78, 5) is 41.7. The van der Waals surface area contributed by atoms with Crippen LogP contribution in [0.5, 0.6) is 0 Å². The van der Waals surface area contributed by atoms with Crippen molar-refractivity contribution in [3.05, 3.63) is 91.9 Å². The van der Waals surface area contributed by atoms with Crippen molar-refractivity contribution < 1.29 is 19.1 Å². The highest BCUT2D eigenvalue weighted by Crippen LogP contribution is 2.58. The van der Waals surface area contributed by atoms with E-state index >= 15 is 0 Å². The third kappa shape index (κ3) is 5.85. The van der Waals surface area contributed by atoms with Crippen molar-refractivity contribution in [1.82, 2.24) is 4.90 Å². The van der Waals surface area contributed by atoms with Gasteiger partial charge in [-0.15, -0.1) is 0 Å². The van der Waals surface area contributed by atoms with Crippen LogP contribution in [0.25, 0.3) is 0 Å². The minimum absolute atomic E-state index is 0.0975. The average Bonchev–Trinajstić information content (AvgIpc) is 3.07. The van der Waals surface area contributed by atoms with Crippen LogP contribution >= 0.6 is 31.9 Å². The van der Waals surface area contributed by atoms with Crippen LogP contribution < -0.4 is 0 Å². The maximum atomic E-state index is 13.5. The molecule has 2 aromatic rings. The smallest absolute Gasteiger partial charge is 0.338 e. The number of fused-ring (bicyclic) bond motifs is 3. The molecular weight excluding hydrogens is 648 g/mol. The molecule has 2 amide bonds. The number of carbonyl (C=O) groups is 3. The normalized spacial score (nSPS) is 27.4. The van der Waals surface area contributed by atoms with Crippen LogP contribution in [-0.2, 0) is 9.53 Å².